The Labute approximate surface area is 94.8 Å². The standard InChI is InChI=1S/C13H26N2/c1-11(2)10-14-13(15(3)4)12-8-6-5-7-9-12/h11-12H,5-10H2,1-4H3. The molecular formula is C13H26N2. The van der Waals surface area contributed by atoms with Crippen LogP contribution in [0.15, 0.2) is 4.99 Å². The minimum atomic E-state index is 0.670. The normalized spacial score (nSPS) is 19.7. The number of aliphatic imine (C=N–C) groups is 1. The largest absolute Gasteiger partial charge is 0.366 e. The Bertz CT molecular complexity index is 201. The second kappa shape index (κ2) is 6.14. The van der Waals surface area contributed by atoms with Crippen molar-refractivity contribution in [1.29, 1.82) is 0 Å². The summed E-state index contributed by atoms with van der Waals surface area (Å²) in [6.45, 7) is 5.44. The van der Waals surface area contributed by atoms with Gasteiger partial charge in [-0.05, 0) is 18.8 Å². The van der Waals surface area contributed by atoms with Gasteiger partial charge in [-0.2, -0.15) is 0 Å². The number of rotatable bonds is 3. The van der Waals surface area contributed by atoms with E-state index in [9.17, 15) is 0 Å². The second-order valence-electron chi connectivity index (χ2n) is 5.32. The Hall–Kier alpha value is -0.530. The highest BCUT2D eigenvalue weighted by Gasteiger charge is 2.20. The van der Waals surface area contributed by atoms with Crippen molar-refractivity contribution in [3.8, 4) is 0 Å². The molecule has 0 atom stereocenters. The summed E-state index contributed by atoms with van der Waals surface area (Å²) in [5.41, 5.74) is 0. The van der Waals surface area contributed by atoms with Gasteiger partial charge in [0.25, 0.3) is 0 Å². The molecule has 1 aliphatic rings. The third kappa shape index (κ3) is 4.23. The van der Waals surface area contributed by atoms with Crippen LogP contribution in [0.5, 0.6) is 0 Å². The first-order chi connectivity index (χ1) is 7.11. The number of nitrogens with zero attached hydrogens (tertiary/aromatic N) is 2. The smallest absolute Gasteiger partial charge is 0.101 e. The van der Waals surface area contributed by atoms with Crippen LogP contribution in [0.2, 0.25) is 0 Å². The summed E-state index contributed by atoms with van der Waals surface area (Å²) < 4.78 is 0. The molecule has 1 fully saturated rings. The van der Waals surface area contributed by atoms with Gasteiger partial charge in [0.2, 0.25) is 0 Å². The van der Waals surface area contributed by atoms with Crippen LogP contribution in [-0.4, -0.2) is 31.4 Å². The van der Waals surface area contributed by atoms with Crippen LogP contribution in [0.4, 0.5) is 0 Å². The quantitative estimate of drug-likeness (QED) is 0.516. The van der Waals surface area contributed by atoms with Gasteiger partial charge in [-0.15, -0.1) is 0 Å². The lowest BCUT2D eigenvalue weighted by Crippen LogP contribution is -2.31. The molecule has 0 aromatic rings. The van der Waals surface area contributed by atoms with E-state index >= 15 is 0 Å². The maximum Gasteiger partial charge on any atom is 0.101 e. The molecule has 0 aromatic carbocycles. The monoisotopic (exact) mass is 210 g/mol. The maximum atomic E-state index is 4.79. The third-order valence-electron chi connectivity index (χ3n) is 3.05. The molecule has 15 heavy (non-hydrogen) atoms. The molecule has 1 aliphatic carbocycles. The fraction of sp³-hybridized carbons (Fsp3) is 0.923. The predicted octanol–water partition coefficient (Wildman–Crippen LogP) is 3.18. The lowest BCUT2D eigenvalue weighted by atomic mass is 9.88. The lowest BCUT2D eigenvalue weighted by molar-refractivity contribution is 0.405. The van der Waals surface area contributed by atoms with E-state index in [2.05, 4.69) is 32.8 Å². The molecule has 0 N–H and O–H groups in total. The zero-order valence-electron chi connectivity index (χ0n) is 10.8. The van der Waals surface area contributed by atoms with E-state index in [0.717, 1.165) is 12.5 Å². The van der Waals surface area contributed by atoms with Gasteiger partial charge >= 0.3 is 0 Å². The van der Waals surface area contributed by atoms with Gasteiger partial charge in [0.05, 0.1) is 0 Å². The molecule has 0 aromatic heterocycles. The molecule has 0 bridgehead atoms. The predicted molar refractivity (Wildman–Crippen MR) is 67.4 cm³/mol. The van der Waals surface area contributed by atoms with Crippen LogP contribution in [0, 0.1) is 11.8 Å². The molecule has 0 saturated heterocycles. The van der Waals surface area contributed by atoms with E-state index in [4.69, 9.17) is 4.99 Å². The Balaban J connectivity index is 2.59. The molecule has 1 rings (SSSR count). The summed E-state index contributed by atoms with van der Waals surface area (Å²) in [7, 11) is 4.27. The average Bonchev–Trinajstić information content (AvgIpc) is 2.18. The van der Waals surface area contributed by atoms with Crippen molar-refractivity contribution >= 4 is 5.84 Å². The van der Waals surface area contributed by atoms with Gasteiger partial charge in [0.1, 0.15) is 5.84 Å². The van der Waals surface area contributed by atoms with Crippen LogP contribution >= 0.6 is 0 Å². The minimum absolute atomic E-state index is 0.670. The van der Waals surface area contributed by atoms with Gasteiger partial charge in [-0.25, -0.2) is 0 Å². The van der Waals surface area contributed by atoms with Crippen LogP contribution in [-0.2, 0) is 0 Å². The third-order valence-corrected chi connectivity index (χ3v) is 3.05. The molecule has 0 radical (unpaired) electrons. The van der Waals surface area contributed by atoms with Crippen LogP contribution in [0.25, 0.3) is 0 Å². The van der Waals surface area contributed by atoms with Crippen LogP contribution < -0.4 is 0 Å². The highest BCUT2D eigenvalue weighted by molar-refractivity contribution is 5.84. The first-order valence-corrected chi connectivity index (χ1v) is 6.33. The Morgan fingerprint density at radius 3 is 2.27 bits per heavy atom. The van der Waals surface area contributed by atoms with Gasteiger partial charge in [-0.1, -0.05) is 33.1 Å². The Kier molecular flexibility index (Phi) is 5.13. The zero-order valence-corrected chi connectivity index (χ0v) is 10.8. The summed E-state index contributed by atoms with van der Waals surface area (Å²) >= 11 is 0. The summed E-state index contributed by atoms with van der Waals surface area (Å²) in [5, 5.41) is 0. The zero-order chi connectivity index (χ0) is 11.3. The van der Waals surface area contributed by atoms with Gasteiger partial charge in [0, 0.05) is 26.6 Å². The molecule has 0 spiro atoms. The van der Waals surface area contributed by atoms with Crippen molar-refractivity contribution in [2.24, 2.45) is 16.8 Å². The summed E-state index contributed by atoms with van der Waals surface area (Å²) in [4.78, 5) is 7.01. The summed E-state index contributed by atoms with van der Waals surface area (Å²) in [6, 6.07) is 0. The van der Waals surface area contributed by atoms with Crippen molar-refractivity contribution in [3.05, 3.63) is 0 Å². The minimum Gasteiger partial charge on any atom is -0.366 e. The molecule has 0 amide bonds. The molecular weight excluding hydrogens is 184 g/mol. The van der Waals surface area contributed by atoms with E-state index in [1.807, 2.05) is 0 Å². The first kappa shape index (κ1) is 12.5. The molecule has 0 unspecified atom stereocenters. The van der Waals surface area contributed by atoms with Crippen molar-refractivity contribution in [2.75, 3.05) is 20.6 Å². The van der Waals surface area contributed by atoms with Gasteiger partial charge in [-0.3, -0.25) is 4.99 Å². The van der Waals surface area contributed by atoms with E-state index in [1.54, 1.807) is 0 Å². The second-order valence-corrected chi connectivity index (χ2v) is 5.32. The molecule has 0 heterocycles. The number of hydrogen-bond donors (Lipinski definition) is 0. The molecule has 1 saturated carbocycles. The van der Waals surface area contributed by atoms with Crippen molar-refractivity contribution < 1.29 is 0 Å². The lowest BCUT2D eigenvalue weighted by Gasteiger charge is -2.28. The maximum absolute atomic E-state index is 4.79. The van der Waals surface area contributed by atoms with E-state index in [-0.39, 0.29) is 0 Å². The average molecular weight is 210 g/mol. The molecule has 2 heteroatoms. The Morgan fingerprint density at radius 1 is 1.20 bits per heavy atom. The van der Waals surface area contributed by atoms with Crippen molar-refractivity contribution in [1.82, 2.24) is 4.90 Å². The topological polar surface area (TPSA) is 15.6 Å². The van der Waals surface area contributed by atoms with Gasteiger partial charge in [0.15, 0.2) is 0 Å². The number of amidine groups is 1. The van der Waals surface area contributed by atoms with Gasteiger partial charge < -0.3 is 4.90 Å². The SMILES string of the molecule is CC(C)CN=C(C1CCCCC1)N(C)C. The van der Waals surface area contributed by atoms with E-state index < -0.39 is 0 Å². The first-order valence-electron chi connectivity index (χ1n) is 6.33. The molecule has 2 nitrogen and oxygen atoms in total. The highest BCUT2D eigenvalue weighted by atomic mass is 15.1. The Morgan fingerprint density at radius 2 is 1.80 bits per heavy atom. The summed E-state index contributed by atoms with van der Waals surface area (Å²) in [6.07, 6.45) is 6.88. The molecule has 0 aliphatic heterocycles. The summed E-state index contributed by atoms with van der Waals surface area (Å²) in [5.74, 6) is 2.74. The highest BCUT2D eigenvalue weighted by Crippen LogP contribution is 2.25. The van der Waals surface area contributed by atoms with Crippen LogP contribution in [0.3, 0.4) is 0 Å². The fourth-order valence-corrected chi connectivity index (χ4v) is 2.27. The molecule has 88 valence electrons. The van der Waals surface area contributed by atoms with E-state index in [1.165, 1.54) is 37.9 Å². The van der Waals surface area contributed by atoms with Crippen LogP contribution in [0.1, 0.15) is 46.0 Å². The van der Waals surface area contributed by atoms with E-state index in [0.29, 0.717) is 5.92 Å². The van der Waals surface area contributed by atoms with Crippen molar-refractivity contribution in [3.63, 3.8) is 0 Å². The van der Waals surface area contributed by atoms with Crippen molar-refractivity contribution in [2.45, 2.75) is 46.0 Å². The fourth-order valence-electron chi connectivity index (χ4n) is 2.27. The number of hydrogen-bond acceptors (Lipinski definition) is 1.